The lowest BCUT2D eigenvalue weighted by molar-refractivity contribution is -0.120. The highest BCUT2D eigenvalue weighted by Gasteiger charge is 2.20. The first-order valence-corrected chi connectivity index (χ1v) is 4.64. The SMILES string of the molecule is C[C@@H](NC(=O)OC(C)(C)C)C(=O)NS. The fraction of sp³-hybridized carbons (Fsp3) is 0.750. The molecule has 0 fully saturated rings. The number of amides is 2. The highest BCUT2D eigenvalue weighted by molar-refractivity contribution is 7.78. The number of alkyl carbamates (subject to hydrolysis) is 1. The van der Waals surface area contributed by atoms with E-state index in [9.17, 15) is 9.59 Å². The summed E-state index contributed by atoms with van der Waals surface area (Å²) in [4.78, 5) is 22.1. The summed E-state index contributed by atoms with van der Waals surface area (Å²) in [6, 6.07) is -0.664. The van der Waals surface area contributed by atoms with Crippen molar-refractivity contribution in [2.45, 2.75) is 39.3 Å². The first kappa shape index (κ1) is 13.1. The Morgan fingerprint density at radius 1 is 1.36 bits per heavy atom. The topological polar surface area (TPSA) is 67.4 Å². The average molecular weight is 220 g/mol. The van der Waals surface area contributed by atoms with Crippen molar-refractivity contribution in [3.63, 3.8) is 0 Å². The molecule has 0 bridgehead atoms. The molecule has 1 atom stereocenters. The van der Waals surface area contributed by atoms with Crippen molar-refractivity contribution in [1.82, 2.24) is 10.0 Å². The maximum absolute atomic E-state index is 11.2. The predicted molar refractivity (Wildman–Crippen MR) is 56.0 cm³/mol. The van der Waals surface area contributed by atoms with E-state index in [1.54, 1.807) is 20.8 Å². The van der Waals surface area contributed by atoms with Crippen LogP contribution in [-0.4, -0.2) is 23.6 Å². The number of nitrogens with one attached hydrogen (secondary N) is 2. The molecule has 0 aromatic heterocycles. The molecule has 5 nitrogen and oxygen atoms in total. The van der Waals surface area contributed by atoms with Gasteiger partial charge in [0.1, 0.15) is 11.6 Å². The first-order valence-electron chi connectivity index (χ1n) is 4.19. The molecule has 0 aliphatic carbocycles. The Hall–Kier alpha value is -0.910. The minimum absolute atomic E-state index is 0.390. The van der Waals surface area contributed by atoms with Crippen LogP contribution in [0.4, 0.5) is 4.79 Å². The van der Waals surface area contributed by atoms with Crippen LogP contribution in [0.15, 0.2) is 0 Å². The fourth-order valence-corrected chi connectivity index (χ4v) is 0.840. The second kappa shape index (κ2) is 5.09. The summed E-state index contributed by atoms with van der Waals surface area (Å²) in [5, 5.41) is 2.37. The second-order valence-corrected chi connectivity index (χ2v) is 4.07. The van der Waals surface area contributed by atoms with Crippen LogP contribution in [0.5, 0.6) is 0 Å². The van der Waals surface area contributed by atoms with Crippen LogP contribution in [0.1, 0.15) is 27.7 Å². The van der Waals surface area contributed by atoms with Crippen LogP contribution in [0.25, 0.3) is 0 Å². The Morgan fingerprint density at radius 3 is 2.21 bits per heavy atom. The van der Waals surface area contributed by atoms with E-state index in [0.717, 1.165) is 0 Å². The lowest BCUT2D eigenvalue weighted by atomic mass is 10.2. The van der Waals surface area contributed by atoms with Gasteiger partial charge in [-0.3, -0.25) is 4.79 Å². The Morgan fingerprint density at radius 2 is 1.86 bits per heavy atom. The minimum Gasteiger partial charge on any atom is -0.444 e. The van der Waals surface area contributed by atoms with Gasteiger partial charge in [-0.15, -0.1) is 0 Å². The van der Waals surface area contributed by atoms with Crippen LogP contribution in [0, 0.1) is 0 Å². The molecule has 0 aliphatic rings. The molecule has 14 heavy (non-hydrogen) atoms. The quantitative estimate of drug-likeness (QED) is 0.605. The lowest BCUT2D eigenvalue weighted by Gasteiger charge is -2.21. The summed E-state index contributed by atoms with van der Waals surface area (Å²) in [6.45, 7) is 6.78. The minimum atomic E-state index is -0.664. The van der Waals surface area contributed by atoms with E-state index >= 15 is 0 Å². The van der Waals surface area contributed by atoms with E-state index in [0.29, 0.717) is 0 Å². The molecule has 0 aliphatic heterocycles. The first-order chi connectivity index (χ1) is 6.26. The zero-order valence-corrected chi connectivity index (χ0v) is 9.64. The van der Waals surface area contributed by atoms with E-state index in [1.807, 2.05) is 0 Å². The Bertz CT molecular complexity index is 225. The second-order valence-electron chi connectivity index (χ2n) is 3.84. The third-order valence-corrected chi connectivity index (χ3v) is 1.46. The van der Waals surface area contributed by atoms with Gasteiger partial charge in [0, 0.05) is 0 Å². The lowest BCUT2D eigenvalue weighted by Crippen LogP contribution is -2.44. The third kappa shape index (κ3) is 5.69. The van der Waals surface area contributed by atoms with Crippen LogP contribution in [-0.2, 0) is 9.53 Å². The molecule has 0 heterocycles. The maximum Gasteiger partial charge on any atom is 0.408 e. The molecule has 0 aromatic carbocycles. The molecular formula is C8H16N2O3S. The number of thiol groups is 1. The fourth-order valence-electron chi connectivity index (χ4n) is 0.647. The number of carbonyl (C=O) groups excluding carboxylic acids is 2. The molecule has 0 radical (unpaired) electrons. The molecular weight excluding hydrogens is 204 g/mol. The summed E-state index contributed by atoms with van der Waals surface area (Å²) in [5.41, 5.74) is -0.568. The van der Waals surface area contributed by atoms with Gasteiger partial charge in [0.15, 0.2) is 0 Å². The third-order valence-electron chi connectivity index (χ3n) is 1.24. The zero-order valence-electron chi connectivity index (χ0n) is 8.75. The van der Waals surface area contributed by atoms with Crippen molar-refractivity contribution in [3.05, 3.63) is 0 Å². The van der Waals surface area contributed by atoms with Gasteiger partial charge in [0.25, 0.3) is 5.91 Å². The molecule has 0 saturated heterocycles. The van der Waals surface area contributed by atoms with Crippen molar-refractivity contribution in [2.24, 2.45) is 0 Å². The van der Waals surface area contributed by atoms with Crippen LogP contribution in [0.3, 0.4) is 0 Å². The Labute approximate surface area is 89.1 Å². The van der Waals surface area contributed by atoms with Gasteiger partial charge in [-0.2, -0.15) is 0 Å². The number of carbonyl (C=O) groups is 2. The number of hydrogen-bond donors (Lipinski definition) is 3. The molecule has 6 heteroatoms. The van der Waals surface area contributed by atoms with Gasteiger partial charge >= 0.3 is 6.09 Å². The summed E-state index contributed by atoms with van der Waals surface area (Å²) < 4.78 is 7.07. The van der Waals surface area contributed by atoms with Gasteiger partial charge in [-0.1, -0.05) is 12.8 Å². The molecule has 82 valence electrons. The summed E-state index contributed by atoms with van der Waals surface area (Å²) in [6.07, 6.45) is -0.623. The predicted octanol–water partition coefficient (Wildman–Crippen LogP) is 0.861. The van der Waals surface area contributed by atoms with Crippen LogP contribution < -0.4 is 10.0 Å². The van der Waals surface area contributed by atoms with Crippen molar-refractivity contribution in [2.75, 3.05) is 0 Å². The molecule has 0 unspecified atom stereocenters. The van der Waals surface area contributed by atoms with Gasteiger partial charge in [-0.05, 0) is 27.7 Å². The molecule has 0 saturated carbocycles. The van der Waals surface area contributed by atoms with Gasteiger partial charge in [0.05, 0.1) is 0 Å². The van der Waals surface area contributed by atoms with Gasteiger partial charge < -0.3 is 14.8 Å². The van der Waals surface area contributed by atoms with E-state index < -0.39 is 17.7 Å². The maximum atomic E-state index is 11.2. The monoisotopic (exact) mass is 220 g/mol. The highest BCUT2D eigenvalue weighted by Crippen LogP contribution is 2.06. The molecule has 0 rings (SSSR count). The zero-order chi connectivity index (χ0) is 11.4. The molecule has 0 aromatic rings. The van der Waals surface area contributed by atoms with Crippen molar-refractivity contribution in [3.8, 4) is 0 Å². The smallest absolute Gasteiger partial charge is 0.408 e. The van der Waals surface area contributed by atoms with Gasteiger partial charge in [-0.25, -0.2) is 4.79 Å². The van der Waals surface area contributed by atoms with E-state index in [1.165, 1.54) is 6.92 Å². The normalized spacial score (nSPS) is 12.9. The largest absolute Gasteiger partial charge is 0.444 e. The Balaban J connectivity index is 4.01. The molecule has 2 N–H and O–H groups in total. The summed E-state index contributed by atoms with van der Waals surface area (Å²) in [7, 11) is 0. The number of hydrogen-bond acceptors (Lipinski definition) is 4. The summed E-state index contributed by atoms with van der Waals surface area (Å²) in [5.74, 6) is -0.390. The van der Waals surface area contributed by atoms with Gasteiger partial charge in [0.2, 0.25) is 0 Å². The van der Waals surface area contributed by atoms with Crippen molar-refractivity contribution in [1.29, 1.82) is 0 Å². The summed E-state index contributed by atoms with van der Waals surface area (Å²) >= 11 is 3.57. The van der Waals surface area contributed by atoms with Crippen molar-refractivity contribution >= 4 is 24.8 Å². The highest BCUT2D eigenvalue weighted by atomic mass is 32.1. The average Bonchev–Trinajstić information content (AvgIpc) is 1.99. The number of ether oxygens (including phenoxy) is 1. The molecule has 2 amide bonds. The Kier molecular flexibility index (Phi) is 4.76. The van der Waals surface area contributed by atoms with Crippen molar-refractivity contribution < 1.29 is 14.3 Å². The van der Waals surface area contributed by atoms with Crippen LogP contribution in [0.2, 0.25) is 0 Å². The standard InChI is InChI=1S/C8H16N2O3S/c1-5(6(11)10-14)9-7(12)13-8(2,3)4/h5,14H,1-4H3,(H,9,12)(H,10,11)/t5-/m1/s1. The van der Waals surface area contributed by atoms with E-state index in [-0.39, 0.29) is 5.91 Å². The van der Waals surface area contributed by atoms with E-state index in [4.69, 9.17) is 4.74 Å². The molecule has 0 spiro atoms. The number of rotatable bonds is 2. The van der Waals surface area contributed by atoms with E-state index in [2.05, 4.69) is 22.9 Å². The van der Waals surface area contributed by atoms with Crippen LogP contribution >= 0.6 is 12.8 Å².